The third-order valence-corrected chi connectivity index (χ3v) is 4.04. The summed E-state index contributed by atoms with van der Waals surface area (Å²) in [6, 6.07) is 13.8. The summed E-state index contributed by atoms with van der Waals surface area (Å²) in [5, 5.41) is 13.0. The number of hydrogen-bond acceptors (Lipinski definition) is 2. The third kappa shape index (κ3) is 3.49. The molecule has 0 bridgehead atoms. The van der Waals surface area contributed by atoms with Crippen molar-refractivity contribution in [3.05, 3.63) is 64.7 Å². The van der Waals surface area contributed by atoms with Crippen molar-refractivity contribution < 1.29 is 9.90 Å². The van der Waals surface area contributed by atoms with Gasteiger partial charge in [-0.3, -0.25) is 4.79 Å². The van der Waals surface area contributed by atoms with Gasteiger partial charge in [-0.1, -0.05) is 41.9 Å². The van der Waals surface area contributed by atoms with Gasteiger partial charge in [0.05, 0.1) is 11.1 Å². The lowest BCUT2D eigenvalue weighted by atomic mass is 9.93. The number of phenols is 1. The molecule has 110 valence electrons. The number of rotatable bonds is 4. The average Bonchev–Trinajstić information content (AvgIpc) is 2.50. The van der Waals surface area contributed by atoms with E-state index in [2.05, 4.69) is 5.32 Å². The molecule has 0 aromatic heterocycles. The van der Waals surface area contributed by atoms with Gasteiger partial charge < -0.3 is 10.4 Å². The molecule has 0 radical (unpaired) electrons. The smallest absolute Gasteiger partial charge is 0.255 e. The van der Waals surface area contributed by atoms with E-state index in [9.17, 15) is 9.90 Å². The number of aromatic hydroxyl groups is 1. The maximum atomic E-state index is 12.4. The van der Waals surface area contributed by atoms with Crippen LogP contribution in [0.5, 0.6) is 5.75 Å². The maximum absolute atomic E-state index is 12.4. The molecule has 2 N–H and O–H groups in total. The second-order valence-corrected chi connectivity index (χ2v) is 5.65. The Kier molecular flexibility index (Phi) is 4.76. The number of amides is 1. The Hall–Kier alpha value is -1.71. The van der Waals surface area contributed by atoms with Gasteiger partial charge in [-0.15, -0.1) is 11.6 Å². The number of phenolic OH excluding ortho intramolecular Hbond substituents is 1. The summed E-state index contributed by atoms with van der Waals surface area (Å²) >= 11 is 11.9. The van der Waals surface area contributed by atoms with Crippen molar-refractivity contribution in [2.45, 2.75) is 12.5 Å². The average molecular weight is 324 g/mol. The largest absolute Gasteiger partial charge is 0.507 e. The lowest BCUT2D eigenvalue weighted by Gasteiger charge is -2.29. The second kappa shape index (κ2) is 6.37. The van der Waals surface area contributed by atoms with Crippen LogP contribution in [0.2, 0.25) is 5.02 Å². The van der Waals surface area contributed by atoms with Crippen LogP contribution in [0.1, 0.15) is 22.8 Å². The van der Waals surface area contributed by atoms with Crippen molar-refractivity contribution in [2.75, 3.05) is 5.88 Å². The molecule has 0 saturated heterocycles. The van der Waals surface area contributed by atoms with E-state index >= 15 is 0 Å². The van der Waals surface area contributed by atoms with Gasteiger partial charge in [0, 0.05) is 10.9 Å². The van der Waals surface area contributed by atoms with Gasteiger partial charge in [0.2, 0.25) is 0 Å². The van der Waals surface area contributed by atoms with Crippen LogP contribution in [0.25, 0.3) is 0 Å². The second-order valence-electron chi connectivity index (χ2n) is 4.95. The highest BCUT2D eigenvalue weighted by Gasteiger charge is 2.28. The van der Waals surface area contributed by atoms with Gasteiger partial charge in [-0.25, -0.2) is 0 Å². The van der Waals surface area contributed by atoms with E-state index < -0.39 is 11.4 Å². The molecular formula is C16H15Cl2NO2. The quantitative estimate of drug-likeness (QED) is 0.837. The van der Waals surface area contributed by atoms with Crippen LogP contribution in [0.3, 0.4) is 0 Å². The molecule has 5 heteroatoms. The molecule has 0 aliphatic rings. The first-order valence-corrected chi connectivity index (χ1v) is 7.30. The molecule has 2 rings (SSSR count). The SMILES string of the molecule is CC(CCl)(NC(=O)c1cc(Cl)ccc1O)c1ccccc1. The number of carbonyl (C=O) groups is 1. The fraction of sp³-hybridized carbons (Fsp3) is 0.188. The molecule has 0 fully saturated rings. The molecule has 2 aromatic carbocycles. The highest BCUT2D eigenvalue weighted by molar-refractivity contribution is 6.31. The summed E-state index contributed by atoms with van der Waals surface area (Å²) in [5.41, 5.74) is 0.263. The van der Waals surface area contributed by atoms with Crippen LogP contribution < -0.4 is 5.32 Å². The van der Waals surface area contributed by atoms with Crippen LogP contribution in [-0.2, 0) is 5.54 Å². The zero-order chi connectivity index (χ0) is 15.5. The van der Waals surface area contributed by atoms with Gasteiger partial charge in [0.25, 0.3) is 5.91 Å². The van der Waals surface area contributed by atoms with Crippen molar-refractivity contribution in [2.24, 2.45) is 0 Å². The standard InChI is InChI=1S/C16H15Cl2NO2/c1-16(10-17,11-5-3-2-4-6-11)19-15(21)13-9-12(18)7-8-14(13)20/h2-9,20H,10H2,1H3,(H,19,21). The Labute approximate surface area is 133 Å². The highest BCUT2D eigenvalue weighted by atomic mass is 35.5. The molecule has 0 aliphatic heterocycles. The van der Waals surface area contributed by atoms with E-state index in [1.807, 2.05) is 37.3 Å². The molecule has 0 aliphatic carbocycles. The summed E-state index contributed by atoms with van der Waals surface area (Å²) in [7, 11) is 0. The minimum atomic E-state index is -0.741. The lowest BCUT2D eigenvalue weighted by Crippen LogP contribution is -2.45. The molecule has 1 amide bonds. The van der Waals surface area contributed by atoms with E-state index in [4.69, 9.17) is 23.2 Å². The zero-order valence-electron chi connectivity index (χ0n) is 11.4. The Balaban J connectivity index is 2.30. The Morgan fingerprint density at radius 2 is 1.90 bits per heavy atom. The van der Waals surface area contributed by atoms with Crippen molar-refractivity contribution >= 4 is 29.1 Å². The van der Waals surface area contributed by atoms with Crippen molar-refractivity contribution in [3.63, 3.8) is 0 Å². The van der Waals surface area contributed by atoms with E-state index in [0.29, 0.717) is 5.02 Å². The number of carbonyl (C=O) groups excluding carboxylic acids is 1. The first-order chi connectivity index (χ1) is 9.96. The van der Waals surface area contributed by atoms with Gasteiger partial charge in [0.15, 0.2) is 0 Å². The zero-order valence-corrected chi connectivity index (χ0v) is 12.9. The summed E-state index contributed by atoms with van der Waals surface area (Å²) in [4.78, 5) is 12.4. The van der Waals surface area contributed by atoms with Crippen LogP contribution >= 0.6 is 23.2 Å². The molecule has 1 unspecified atom stereocenters. The maximum Gasteiger partial charge on any atom is 0.255 e. The van der Waals surface area contributed by atoms with Crippen LogP contribution in [0.15, 0.2) is 48.5 Å². The van der Waals surface area contributed by atoms with Gasteiger partial charge in [-0.2, -0.15) is 0 Å². The Morgan fingerprint density at radius 3 is 2.52 bits per heavy atom. The first-order valence-electron chi connectivity index (χ1n) is 6.39. The fourth-order valence-electron chi connectivity index (χ4n) is 2.00. The molecule has 2 aromatic rings. The number of benzene rings is 2. The molecule has 0 spiro atoms. The lowest BCUT2D eigenvalue weighted by molar-refractivity contribution is 0.0910. The van der Waals surface area contributed by atoms with Gasteiger partial charge in [-0.05, 0) is 30.7 Å². The highest BCUT2D eigenvalue weighted by Crippen LogP contribution is 2.26. The first kappa shape index (κ1) is 15.7. The monoisotopic (exact) mass is 323 g/mol. The van der Waals surface area contributed by atoms with E-state index in [1.165, 1.54) is 18.2 Å². The normalized spacial score (nSPS) is 13.5. The minimum Gasteiger partial charge on any atom is -0.507 e. The van der Waals surface area contributed by atoms with Crippen molar-refractivity contribution in [1.82, 2.24) is 5.32 Å². The fourth-order valence-corrected chi connectivity index (χ4v) is 2.39. The number of hydrogen-bond donors (Lipinski definition) is 2. The van der Waals surface area contributed by atoms with Gasteiger partial charge >= 0.3 is 0 Å². The third-order valence-electron chi connectivity index (χ3n) is 3.27. The van der Waals surface area contributed by atoms with Crippen molar-refractivity contribution in [1.29, 1.82) is 0 Å². The summed E-state index contributed by atoms with van der Waals surface area (Å²) in [6.07, 6.45) is 0. The van der Waals surface area contributed by atoms with Crippen molar-refractivity contribution in [3.8, 4) is 5.75 Å². The molecule has 0 heterocycles. The topological polar surface area (TPSA) is 49.3 Å². The molecule has 1 atom stereocenters. The van der Waals surface area contributed by atoms with E-state index in [0.717, 1.165) is 5.56 Å². The minimum absolute atomic E-state index is 0.120. The summed E-state index contributed by atoms with van der Waals surface area (Å²) < 4.78 is 0. The molecular weight excluding hydrogens is 309 g/mol. The number of halogens is 2. The Bertz CT molecular complexity index is 646. The molecule has 21 heavy (non-hydrogen) atoms. The van der Waals surface area contributed by atoms with E-state index in [-0.39, 0.29) is 17.2 Å². The predicted molar refractivity (Wildman–Crippen MR) is 85.1 cm³/mol. The van der Waals surface area contributed by atoms with Crippen LogP contribution in [0.4, 0.5) is 0 Å². The molecule has 3 nitrogen and oxygen atoms in total. The van der Waals surface area contributed by atoms with Gasteiger partial charge in [0.1, 0.15) is 5.75 Å². The number of nitrogens with one attached hydrogen (secondary N) is 1. The number of alkyl halides is 1. The predicted octanol–water partition coefficient (Wildman–Crippen LogP) is 3.93. The van der Waals surface area contributed by atoms with Crippen LogP contribution in [0, 0.1) is 0 Å². The van der Waals surface area contributed by atoms with E-state index in [1.54, 1.807) is 0 Å². The Morgan fingerprint density at radius 1 is 1.24 bits per heavy atom. The van der Waals surface area contributed by atoms with Crippen LogP contribution in [-0.4, -0.2) is 16.9 Å². The summed E-state index contributed by atoms with van der Waals surface area (Å²) in [6.45, 7) is 1.83. The summed E-state index contributed by atoms with van der Waals surface area (Å²) in [5.74, 6) is -0.353. The molecule has 0 saturated carbocycles.